The van der Waals surface area contributed by atoms with E-state index in [9.17, 15) is 4.79 Å². The van der Waals surface area contributed by atoms with Crippen LogP contribution in [0, 0.1) is 0 Å². The molecule has 136 valence electrons. The second-order valence-electron chi connectivity index (χ2n) is 5.60. The van der Waals surface area contributed by atoms with Gasteiger partial charge in [0.1, 0.15) is 0 Å². The van der Waals surface area contributed by atoms with E-state index in [1.54, 1.807) is 12.1 Å². The molecule has 0 saturated carbocycles. The quantitative estimate of drug-likeness (QED) is 0.790. The number of halogens is 2. The van der Waals surface area contributed by atoms with Crippen LogP contribution in [0.25, 0.3) is 0 Å². The Bertz CT molecular complexity index is 555. The number of amides is 1. The first-order valence-corrected chi connectivity index (χ1v) is 8.60. The fourth-order valence-electron chi connectivity index (χ4n) is 2.81. The smallest absolute Gasteiger partial charge is 0.254 e. The van der Waals surface area contributed by atoms with E-state index in [1.165, 1.54) is 0 Å². The van der Waals surface area contributed by atoms with Crippen LogP contribution in [0.1, 0.15) is 43.5 Å². The predicted octanol–water partition coefficient (Wildman–Crippen LogP) is 3.51. The third kappa shape index (κ3) is 4.68. The second-order valence-corrected chi connectivity index (χ2v) is 6.00. The topological polar surface area (TPSA) is 64.8 Å². The van der Waals surface area contributed by atoms with Gasteiger partial charge in [0.15, 0.2) is 11.5 Å². The molecule has 0 aromatic heterocycles. The number of hydrogen-bond acceptors (Lipinski definition) is 4. The van der Waals surface area contributed by atoms with Crippen molar-refractivity contribution in [1.29, 1.82) is 0 Å². The molecule has 1 aliphatic heterocycles. The van der Waals surface area contributed by atoms with Crippen LogP contribution in [0.4, 0.5) is 0 Å². The van der Waals surface area contributed by atoms with E-state index in [-0.39, 0.29) is 24.4 Å². The maximum Gasteiger partial charge on any atom is 0.254 e. The van der Waals surface area contributed by atoms with Crippen molar-refractivity contribution in [2.45, 2.75) is 39.2 Å². The minimum absolute atomic E-state index is 0. The highest BCUT2D eigenvalue weighted by Crippen LogP contribution is 2.37. The average molecular weight is 377 g/mol. The molecule has 1 fully saturated rings. The number of benzene rings is 1. The molecule has 1 amide bonds. The first-order valence-electron chi connectivity index (χ1n) is 8.22. The summed E-state index contributed by atoms with van der Waals surface area (Å²) < 4.78 is 11.3. The van der Waals surface area contributed by atoms with Crippen LogP contribution in [0.5, 0.6) is 11.5 Å². The summed E-state index contributed by atoms with van der Waals surface area (Å²) in [6, 6.07) is 3.48. The predicted molar refractivity (Wildman–Crippen MR) is 98.8 cm³/mol. The van der Waals surface area contributed by atoms with E-state index in [0.29, 0.717) is 41.8 Å². The summed E-state index contributed by atoms with van der Waals surface area (Å²) in [5.41, 5.74) is 6.28. The van der Waals surface area contributed by atoms with Crippen molar-refractivity contribution >= 4 is 29.9 Å². The molecule has 1 heterocycles. The molecule has 1 atom stereocenters. The van der Waals surface area contributed by atoms with Gasteiger partial charge in [0.25, 0.3) is 5.91 Å². The van der Waals surface area contributed by atoms with Crippen LogP contribution in [-0.2, 0) is 0 Å². The summed E-state index contributed by atoms with van der Waals surface area (Å²) in [6.07, 6.45) is 2.80. The summed E-state index contributed by atoms with van der Waals surface area (Å²) in [5.74, 6) is 0.965. The zero-order valence-electron chi connectivity index (χ0n) is 14.2. The third-order valence-corrected chi connectivity index (χ3v) is 4.20. The maximum absolute atomic E-state index is 12.8. The summed E-state index contributed by atoms with van der Waals surface area (Å²) in [7, 11) is 0. The average Bonchev–Trinajstić information content (AvgIpc) is 3.02. The largest absolute Gasteiger partial charge is 0.490 e. The highest BCUT2D eigenvalue weighted by atomic mass is 35.5. The lowest BCUT2D eigenvalue weighted by atomic mass is 10.1. The van der Waals surface area contributed by atoms with Crippen molar-refractivity contribution in [3.63, 3.8) is 0 Å². The van der Waals surface area contributed by atoms with Crippen molar-refractivity contribution in [1.82, 2.24) is 4.90 Å². The SMILES string of the molecule is CCCOc1c(Cl)cc(C(=O)N2CCCC2CN)cc1OCC.Cl. The van der Waals surface area contributed by atoms with Gasteiger partial charge in [0.2, 0.25) is 0 Å². The Morgan fingerprint density at radius 1 is 1.38 bits per heavy atom. The molecule has 5 nitrogen and oxygen atoms in total. The van der Waals surface area contributed by atoms with Crippen molar-refractivity contribution in [3.05, 3.63) is 22.7 Å². The van der Waals surface area contributed by atoms with Gasteiger partial charge in [-0.1, -0.05) is 18.5 Å². The van der Waals surface area contributed by atoms with Crippen LogP contribution in [0.2, 0.25) is 5.02 Å². The van der Waals surface area contributed by atoms with Crippen LogP contribution < -0.4 is 15.2 Å². The monoisotopic (exact) mass is 376 g/mol. The highest BCUT2D eigenvalue weighted by molar-refractivity contribution is 6.32. The van der Waals surface area contributed by atoms with E-state index in [0.717, 1.165) is 25.8 Å². The second kappa shape index (κ2) is 9.97. The minimum atomic E-state index is -0.0529. The highest BCUT2D eigenvalue weighted by Gasteiger charge is 2.29. The molecular weight excluding hydrogens is 351 g/mol. The summed E-state index contributed by atoms with van der Waals surface area (Å²) in [4.78, 5) is 14.6. The van der Waals surface area contributed by atoms with Gasteiger partial charge in [-0.05, 0) is 38.3 Å². The van der Waals surface area contributed by atoms with Gasteiger partial charge in [-0.25, -0.2) is 0 Å². The van der Waals surface area contributed by atoms with Crippen LogP contribution >= 0.6 is 24.0 Å². The molecule has 0 aliphatic carbocycles. The zero-order chi connectivity index (χ0) is 16.8. The van der Waals surface area contributed by atoms with Crippen LogP contribution in [0.15, 0.2) is 12.1 Å². The van der Waals surface area contributed by atoms with Gasteiger partial charge >= 0.3 is 0 Å². The van der Waals surface area contributed by atoms with Gasteiger partial charge in [0.05, 0.1) is 18.2 Å². The number of nitrogens with zero attached hydrogens (tertiary/aromatic N) is 1. The molecule has 2 rings (SSSR count). The fourth-order valence-corrected chi connectivity index (χ4v) is 3.08. The molecule has 0 radical (unpaired) electrons. The maximum atomic E-state index is 12.8. The number of likely N-dealkylation sites (tertiary alicyclic amines) is 1. The molecule has 2 N–H and O–H groups in total. The Morgan fingerprint density at radius 3 is 2.75 bits per heavy atom. The van der Waals surface area contributed by atoms with Gasteiger partial charge < -0.3 is 20.1 Å². The zero-order valence-corrected chi connectivity index (χ0v) is 15.8. The minimum Gasteiger partial charge on any atom is -0.490 e. The van der Waals surface area contributed by atoms with Crippen LogP contribution in [0.3, 0.4) is 0 Å². The molecule has 24 heavy (non-hydrogen) atoms. The van der Waals surface area contributed by atoms with Crippen molar-refractivity contribution < 1.29 is 14.3 Å². The molecule has 1 aromatic rings. The number of rotatable bonds is 7. The Labute approximate surface area is 154 Å². The number of hydrogen-bond donors (Lipinski definition) is 1. The Hall–Kier alpha value is -1.17. The molecule has 0 bridgehead atoms. The Kier molecular flexibility index (Phi) is 8.67. The summed E-state index contributed by atoms with van der Waals surface area (Å²) in [5, 5.41) is 0.399. The standard InChI is InChI=1S/C17H25ClN2O3.ClH/c1-3-8-23-16-14(18)9-12(10-15(16)22-4-2)17(21)20-7-5-6-13(20)11-19;/h9-10,13H,3-8,11,19H2,1-2H3;1H. The summed E-state index contributed by atoms with van der Waals surface area (Å²) >= 11 is 6.33. The number of carbonyl (C=O) groups is 1. The van der Waals surface area contributed by atoms with Crippen molar-refractivity contribution in [3.8, 4) is 11.5 Å². The van der Waals surface area contributed by atoms with Gasteiger partial charge in [-0.15, -0.1) is 12.4 Å². The van der Waals surface area contributed by atoms with E-state index in [2.05, 4.69) is 0 Å². The van der Waals surface area contributed by atoms with E-state index < -0.39 is 0 Å². The van der Waals surface area contributed by atoms with E-state index in [4.69, 9.17) is 26.8 Å². The van der Waals surface area contributed by atoms with Crippen LogP contribution in [-0.4, -0.2) is 43.2 Å². The van der Waals surface area contributed by atoms with Gasteiger partial charge in [-0.3, -0.25) is 4.79 Å². The lowest BCUT2D eigenvalue weighted by Gasteiger charge is -2.24. The van der Waals surface area contributed by atoms with Gasteiger partial charge in [0, 0.05) is 24.7 Å². The van der Waals surface area contributed by atoms with Gasteiger partial charge in [-0.2, -0.15) is 0 Å². The number of ether oxygens (including phenoxy) is 2. The Balaban J connectivity index is 0.00000288. The summed E-state index contributed by atoms with van der Waals surface area (Å²) in [6.45, 7) is 6.15. The molecule has 0 spiro atoms. The number of carbonyl (C=O) groups excluding carboxylic acids is 1. The third-order valence-electron chi connectivity index (χ3n) is 3.92. The first-order chi connectivity index (χ1) is 11.1. The number of nitrogens with two attached hydrogens (primary N) is 1. The lowest BCUT2D eigenvalue weighted by molar-refractivity contribution is 0.0740. The first kappa shape index (κ1) is 20.9. The molecule has 1 aliphatic rings. The van der Waals surface area contributed by atoms with Crippen molar-refractivity contribution in [2.24, 2.45) is 5.73 Å². The molecule has 1 aromatic carbocycles. The van der Waals surface area contributed by atoms with E-state index >= 15 is 0 Å². The molecule has 7 heteroatoms. The van der Waals surface area contributed by atoms with Crippen molar-refractivity contribution in [2.75, 3.05) is 26.3 Å². The Morgan fingerprint density at radius 2 is 2.12 bits per heavy atom. The van der Waals surface area contributed by atoms with E-state index in [1.807, 2.05) is 18.7 Å². The lowest BCUT2D eigenvalue weighted by Crippen LogP contribution is -2.39. The molecular formula is C17H26Cl2N2O3. The molecule has 1 unspecified atom stereocenters. The molecule has 1 saturated heterocycles. The fraction of sp³-hybridized carbons (Fsp3) is 0.588. The normalized spacial score (nSPS) is 16.7.